The van der Waals surface area contributed by atoms with Crippen molar-refractivity contribution in [2.24, 2.45) is 0 Å². The lowest BCUT2D eigenvalue weighted by atomic mass is 10.2. The quantitative estimate of drug-likeness (QED) is 0.245. The van der Waals surface area contributed by atoms with Crippen molar-refractivity contribution in [2.45, 2.75) is 0 Å². The van der Waals surface area contributed by atoms with Crippen molar-refractivity contribution in [1.82, 2.24) is 19.1 Å². The van der Waals surface area contributed by atoms with Crippen LogP contribution in [0.15, 0.2) is 118 Å². The van der Waals surface area contributed by atoms with E-state index in [-0.39, 0.29) is 0 Å². The molecule has 6 nitrogen and oxygen atoms in total. The predicted molar refractivity (Wildman–Crippen MR) is 150 cm³/mol. The SMILES string of the molecule is c1ccc2c(c1)oc1c2c2ncccc2n1-c1ccc(-n2c3cccnc3c3c4ccccc4oc32)cc1. The Kier molecular flexibility index (Phi) is 3.70. The minimum atomic E-state index is 0.794. The highest BCUT2D eigenvalue weighted by atomic mass is 16.3. The summed E-state index contributed by atoms with van der Waals surface area (Å²) in [6.45, 7) is 0. The van der Waals surface area contributed by atoms with Gasteiger partial charge in [0, 0.05) is 34.5 Å². The summed E-state index contributed by atoms with van der Waals surface area (Å²) >= 11 is 0. The van der Waals surface area contributed by atoms with Crippen LogP contribution in [0.3, 0.4) is 0 Å². The van der Waals surface area contributed by atoms with Crippen LogP contribution < -0.4 is 0 Å². The number of hydrogen-bond donors (Lipinski definition) is 0. The van der Waals surface area contributed by atoms with Crippen LogP contribution in [0.1, 0.15) is 0 Å². The second-order valence-electron chi connectivity index (χ2n) is 9.49. The van der Waals surface area contributed by atoms with E-state index in [1.807, 2.05) is 60.9 Å². The molecule has 38 heavy (non-hydrogen) atoms. The molecule has 0 aliphatic rings. The molecule has 0 radical (unpaired) electrons. The molecule has 9 rings (SSSR count). The lowest BCUT2D eigenvalue weighted by Crippen LogP contribution is -1.97. The van der Waals surface area contributed by atoms with Crippen LogP contribution in [-0.2, 0) is 0 Å². The monoisotopic (exact) mass is 490 g/mol. The van der Waals surface area contributed by atoms with E-state index in [1.54, 1.807) is 0 Å². The summed E-state index contributed by atoms with van der Waals surface area (Å²) in [7, 11) is 0. The Morgan fingerprint density at radius 3 is 1.39 bits per heavy atom. The second-order valence-corrected chi connectivity index (χ2v) is 9.49. The van der Waals surface area contributed by atoms with Gasteiger partial charge in [0.05, 0.1) is 21.8 Å². The summed E-state index contributed by atoms with van der Waals surface area (Å²) in [5, 5.41) is 4.21. The summed E-state index contributed by atoms with van der Waals surface area (Å²) in [5.74, 6) is 0. The summed E-state index contributed by atoms with van der Waals surface area (Å²) < 4.78 is 17.0. The Balaban J connectivity index is 1.30. The molecule has 6 heterocycles. The van der Waals surface area contributed by atoms with Crippen LogP contribution in [0.4, 0.5) is 0 Å². The molecule has 0 amide bonds. The number of nitrogens with zero attached hydrogens (tertiary/aromatic N) is 4. The van der Waals surface area contributed by atoms with Crippen LogP contribution >= 0.6 is 0 Å². The number of aromatic nitrogens is 4. The van der Waals surface area contributed by atoms with E-state index in [0.717, 1.165) is 77.6 Å². The zero-order valence-electron chi connectivity index (χ0n) is 20.0. The van der Waals surface area contributed by atoms with Crippen molar-refractivity contribution in [3.05, 3.63) is 109 Å². The van der Waals surface area contributed by atoms with Crippen LogP contribution in [0, 0.1) is 0 Å². The third-order valence-electron chi connectivity index (χ3n) is 7.45. The fraction of sp³-hybridized carbons (Fsp3) is 0. The van der Waals surface area contributed by atoms with Crippen molar-refractivity contribution in [1.29, 1.82) is 0 Å². The zero-order chi connectivity index (χ0) is 24.8. The maximum atomic E-state index is 6.37. The fourth-order valence-electron chi connectivity index (χ4n) is 5.86. The van der Waals surface area contributed by atoms with Gasteiger partial charge in [0.25, 0.3) is 0 Å². The molecule has 0 aliphatic carbocycles. The van der Waals surface area contributed by atoms with Gasteiger partial charge in [-0.1, -0.05) is 36.4 Å². The first kappa shape index (κ1) is 19.8. The molecular weight excluding hydrogens is 472 g/mol. The maximum Gasteiger partial charge on any atom is 0.215 e. The fourth-order valence-corrected chi connectivity index (χ4v) is 5.86. The van der Waals surface area contributed by atoms with Gasteiger partial charge in [0.15, 0.2) is 0 Å². The van der Waals surface area contributed by atoms with E-state index in [1.165, 1.54) is 0 Å². The van der Waals surface area contributed by atoms with Gasteiger partial charge < -0.3 is 8.83 Å². The number of furan rings is 2. The lowest BCUT2D eigenvalue weighted by Gasteiger charge is -2.09. The Morgan fingerprint density at radius 2 is 0.921 bits per heavy atom. The van der Waals surface area contributed by atoms with Gasteiger partial charge in [0.1, 0.15) is 22.2 Å². The van der Waals surface area contributed by atoms with Gasteiger partial charge in [-0.25, -0.2) is 0 Å². The third kappa shape index (κ3) is 2.46. The van der Waals surface area contributed by atoms with E-state index in [2.05, 4.69) is 57.7 Å². The minimum absolute atomic E-state index is 0.794. The third-order valence-corrected chi connectivity index (χ3v) is 7.45. The van der Waals surface area contributed by atoms with Gasteiger partial charge >= 0.3 is 0 Å². The lowest BCUT2D eigenvalue weighted by molar-refractivity contribution is 0.644. The molecule has 6 aromatic heterocycles. The summed E-state index contributed by atoms with van der Waals surface area (Å²) in [4.78, 5) is 9.44. The molecule has 0 bridgehead atoms. The molecule has 0 saturated carbocycles. The minimum Gasteiger partial charge on any atom is -0.439 e. The highest BCUT2D eigenvalue weighted by Gasteiger charge is 2.22. The number of fused-ring (bicyclic) bond motifs is 10. The molecule has 9 aromatic rings. The second kappa shape index (κ2) is 7.11. The average Bonchev–Trinajstić information content (AvgIpc) is 3.69. The zero-order valence-corrected chi connectivity index (χ0v) is 20.0. The molecule has 0 aliphatic heterocycles. The largest absolute Gasteiger partial charge is 0.439 e. The first-order valence-corrected chi connectivity index (χ1v) is 12.5. The number of pyridine rings is 2. The molecule has 0 N–H and O–H groups in total. The van der Waals surface area contributed by atoms with Crippen LogP contribution in [0.2, 0.25) is 0 Å². The molecule has 0 spiro atoms. The molecule has 0 fully saturated rings. The van der Waals surface area contributed by atoms with Gasteiger partial charge in [-0.2, -0.15) is 0 Å². The molecule has 0 atom stereocenters. The van der Waals surface area contributed by atoms with Crippen molar-refractivity contribution < 1.29 is 8.83 Å². The van der Waals surface area contributed by atoms with Crippen molar-refractivity contribution in [3.63, 3.8) is 0 Å². The molecule has 3 aromatic carbocycles. The van der Waals surface area contributed by atoms with Gasteiger partial charge in [-0.15, -0.1) is 0 Å². The number of hydrogen-bond acceptors (Lipinski definition) is 4. The molecule has 178 valence electrons. The number of rotatable bonds is 2. The first-order chi connectivity index (χ1) is 18.9. The van der Waals surface area contributed by atoms with Gasteiger partial charge in [0.2, 0.25) is 11.4 Å². The highest BCUT2D eigenvalue weighted by Crippen LogP contribution is 2.40. The molecule has 0 saturated heterocycles. The van der Waals surface area contributed by atoms with E-state index in [9.17, 15) is 0 Å². The van der Waals surface area contributed by atoms with Crippen molar-refractivity contribution >= 4 is 66.2 Å². The Labute approximate surface area is 215 Å². The molecule has 6 heteroatoms. The van der Waals surface area contributed by atoms with E-state index in [4.69, 9.17) is 18.8 Å². The molecular formula is C32H18N4O2. The Hall–Kier alpha value is -5.36. The van der Waals surface area contributed by atoms with Crippen LogP contribution in [0.5, 0.6) is 0 Å². The van der Waals surface area contributed by atoms with Crippen molar-refractivity contribution in [2.75, 3.05) is 0 Å². The van der Waals surface area contributed by atoms with Gasteiger partial charge in [-0.05, 0) is 60.7 Å². The number of benzene rings is 3. The summed E-state index contributed by atoms with van der Waals surface area (Å²) in [6, 6.07) is 32.8. The standard InChI is InChI=1S/C32H18N4O2/c1-3-11-25-21(7-1)27-29-23(9-5-17-33-29)35(31(27)37-25)19-13-15-20(16-14-19)36-24-10-6-18-34-30(24)28-22-8-2-4-12-26(22)38-32(28)36/h1-18H. The Bertz CT molecular complexity index is 2180. The van der Waals surface area contributed by atoms with Crippen LogP contribution in [0.25, 0.3) is 77.6 Å². The smallest absolute Gasteiger partial charge is 0.215 e. The summed E-state index contributed by atoms with van der Waals surface area (Å²) in [6.07, 6.45) is 3.67. The van der Waals surface area contributed by atoms with Crippen LogP contribution in [-0.4, -0.2) is 19.1 Å². The normalized spacial score (nSPS) is 12.2. The summed E-state index contributed by atoms with van der Waals surface area (Å²) in [5.41, 5.74) is 9.18. The topological polar surface area (TPSA) is 61.9 Å². The van der Waals surface area contributed by atoms with Crippen molar-refractivity contribution in [3.8, 4) is 11.4 Å². The number of para-hydroxylation sites is 2. The Morgan fingerprint density at radius 1 is 0.474 bits per heavy atom. The predicted octanol–water partition coefficient (Wildman–Crippen LogP) is 8.16. The van der Waals surface area contributed by atoms with E-state index in [0.29, 0.717) is 0 Å². The van der Waals surface area contributed by atoms with E-state index >= 15 is 0 Å². The first-order valence-electron chi connectivity index (χ1n) is 12.5. The maximum absolute atomic E-state index is 6.37. The highest BCUT2D eigenvalue weighted by molar-refractivity contribution is 6.19. The molecule has 0 unspecified atom stereocenters. The van der Waals surface area contributed by atoms with Gasteiger partial charge in [-0.3, -0.25) is 19.1 Å². The average molecular weight is 491 g/mol. The van der Waals surface area contributed by atoms with E-state index < -0.39 is 0 Å².